The van der Waals surface area contributed by atoms with Crippen LogP contribution in [0.25, 0.3) is 0 Å². The number of nitrogens with zero attached hydrogens (tertiary/aromatic N) is 2. The molecule has 1 fully saturated rings. The Labute approximate surface area is 127 Å². The zero-order chi connectivity index (χ0) is 15.5. The first-order valence-electron chi connectivity index (χ1n) is 7.92. The summed E-state index contributed by atoms with van der Waals surface area (Å²) < 4.78 is 13.9. The lowest BCUT2D eigenvalue weighted by molar-refractivity contribution is 0.0182. The van der Waals surface area contributed by atoms with E-state index in [-0.39, 0.29) is 11.4 Å². The summed E-state index contributed by atoms with van der Waals surface area (Å²) >= 11 is 0. The molecule has 1 saturated heterocycles. The fourth-order valence-corrected chi connectivity index (χ4v) is 3.32. The maximum Gasteiger partial charge on any atom is 0.126 e. The number of likely N-dealkylation sites (N-methyl/N-ethyl adjacent to an activating group) is 1. The van der Waals surface area contributed by atoms with E-state index in [0.717, 1.165) is 31.7 Å². The van der Waals surface area contributed by atoms with E-state index in [1.54, 1.807) is 6.07 Å². The molecular formula is C17H28FN3. The lowest BCUT2D eigenvalue weighted by Crippen LogP contribution is -2.62. The summed E-state index contributed by atoms with van der Waals surface area (Å²) in [5.41, 5.74) is 6.65. The van der Waals surface area contributed by atoms with Crippen LogP contribution in [0.15, 0.2) is 24.3 Å². The summed E-state index contributed by atoms with van der Waals surface area (Å²) in [5, 5.41) is 0. The fraction of sp³-hybridized carbons (Fsp3) is 0.647. The van der Waals surface area contributed by atoms with Crippen molar-refractivity contribution < 1.29 is 4.39 Å². The van der Waals surface area contributed by atoms with Gasteiger partial charge >= 0.3 is 0 Å². The summed E-state index contributed by atoms with van der Waals surface area (Å²) in [5.74, 6) is -0.127. The van der Waals surface area contributed by atoms with Crippen LogP contribution in [0.2, 0.25) is 0 Å². The molecule has 0 amide bonds. The molecule has 0 spiro atoms. The first-order chi connectivity index (χ1) is 10.00. The van der Waals surface area contributed by atoms with Gasteiger partial charge in [-0.2, -0.15) is 0 Å². The Morgan fingerprint density at radius 2 is 2.05 bits per heavy atom. The fourth-order valence-electron chi connectivity index (χ4n) is 3.32. The van der Waals surface area contributed by atoms with Gasteiger partial charge in [0.25, 0.3) is 0 Å². The Hall–Kier alpha value is -0.970. The van der Waals surface area contributed by atoms with Crippen molar-refractivity contribution in [1.29, 1.82) is 0 Å². The van der Waals surface area contributed by atoms with Gasteiger partial charge in [-0.3, -0.25) is 9.80 Å². The largest absolute Gasteiger partial charge is 0.329 e. The van der Waals surface area contributed by atoms with Crippen LogP contribution in [0.4, 0.5) is 4.39 Å². The van der Waals surface area contributed by atoms with E-state index in [2.05, 4.69) is 30.6 Å². The summed E-state index contributed by atoms with van der Waals surface area (Å²) in [6, 6.07) is 7.56. The third-order valence-electron chi connectivity index (χ3n) is 4.90. The van der Waals surface area contributed by atoms with Crippen LogP contribution in [-0.2, 0) is 6.42 Å². The smallest absolute Gasteiger partial charge is 0.126 e. The number of rotatable bonds is 5. The molecule has 0 saturated carbocycles. The predicted molar refractivity (Wildman–Crippen MR) is 85.8 cm³/mol. The Morgan fingerprint density at radius 3 is 2.62 bits per heavy atom. The van der Waals surface area contributed by atoms with Crippen LogP contribution < -0.4 is 5.73 Å². The third kappa shape index (κ3) is 3.62. The quantitative estimate of drug-likeness (QED) is 0.902. The number of halogens is 1. The highest BCUT2D eigenvalue weighted by atomic mass is 19.1. The van der Waals surface area contributed by atoms with E-state index < -0.39 is 0 Å². The zero-order valence-corrected chi connectivity index (χ0v) is 13.5. The zero-order valence-electron chi connectivity index (χ0n) is 13.5. The molecule has 0 aliphatic carbocycles. The highest BCUT2D eigenvalue weighted by Gasteiger charge is 2.35. The van der Waals surface area contributed by atoms with Crippen LogP contribution >= 0.6 is 0 Å². The molecule has 2 unspecified atom stereocenters. The van der Waals surface area contributed by atoms with Crippen LogP contribution in [-0.4, -0.2) is 54.1 Å². The Kier molecular flexibility index (Phi) is 5.36. The minimum atomic E-state index is -0.184. The number of nitrogens with two attached hydrogens (primary N) is 1. The van der Waals surface area contributed by atoms with E-state index >= 15 is 0 Å². The molecule has 2 rings (SSSR count). The van der Waals surface area contributed by atoms with Gasteiger partial charge in [-0.05, 0) is 38.4 Å². The number of hydrogen-bond acceptors (Lipinski definition) is 3. The summed E-state index contributed by atoms with van der Waals surface area (Å²) in [6.07, 6.45) is 0.662. The molecule has 0 radical (unpaired) electrons. The van der Waals surface area contributed by atoms with Crippen molar-refractivity contribution in [2.75, 3.05) is 32.7 Å². The minimum Gasteiger partial charge on any atom is -0.329 e. The van der Waals surface area contributed by atoms with Crippen molar-refractivity contribution in [1.82, 2.24) is 9.80 Å². The summed E-state index contributed by atoms with van der Waals surface area (Å²) in [6.45, 7) is 11.3. The number of hydrogen-bond donors (Lipinski definition) is 1. The van der Waals surface area contributed by atoms with Gasteiger partial charge in [0.2, 0.25) is 0 Å². The second-order valence-electron chi connectivity index (χ2n) is 6.39. The molecule has 118 valence electrons. The maximum absolute atomic E-state index is 13.9. The SMILES string of the molecule is CCN1CCN(C(C)(CN)Cc2ccccc2F)CC1C. The number of benzene rings is 1. The summed E-state index contributed by atoms with van der Waals surface area (Å²) in [7, 11) is 0. The maximum atomic E-state index is 13.9. The van der Waals surface area contributed by atoms with Crippen LogP contribution in [0.3, 0.4) is 0 Å². The normalized spacial score (nSPS) is 24.0. The van der Waals surface area contributed by atoms with Gasteiger partial charge in [0.1, 0.15) is 5.82 Å². The lowest BCUT2D eigenvalue weighted by atomic mass is 9.89. The highest BCUT2D eigenvalue weighted by Crippen LogP contribution is 2.24. The van der Waals surface area contributed by atoms with Gasteiger partial charge in [-0.15, -0.1) is 0 Å². The van der Waals surface area contributed by atoms with E-state index in [0.29, 0.717) is 19.0 Å². The van der Waals surface area contributed by atoms with E-state index in [1.165, 1.54) is 6.07 Å². The highest BCUT2D eigenvalue weighted by molar-refractivity contribution is 5.20. The molecule has 1 aliphatic rings. The monoisotopic (exact) mass is 293 g/mol. The van der Waals surface area contributed by atoms with E-state index in [1.807, 2.05) is 12.1 Å². The lowest BCUT2D eigenvalue weighted by Gasteiger charge is -2.48. The molecule has 3 nitrogen and oxygen atoms in total. The van der Waals surface area contributed by atoms with Crippen molar-refractivity contribution in [3.05, 3.63) is 35.6 Å². The average Bonchev–Trinajstić information content (AvgIpc) is 2.49. The van der Waals surface area contributed by atoms with E-state index in [9.17, 15) is 4.39 Å². The van der Waals surface area contributed by atoms with Crippen LogP contribution in [0, 0.1) is 5.82 Å². The van der Waals surface area contributed by atoms with Gasteiger partial charge in [-0.25, -0.2) is 4.39 Å². The second-order valence-corrected chi connectivity index (χ2v) is 6.39. The van der Waals surface area contributed by atoms with Crippen molar-refractivity contribution in [3.63, 3.8) is 0 Å². The predicted octanol–water partition coefficient (Wildman–Crippen LogP) is 2.11. The van der Waals surface area contributed by atoms with Crippen LogP contribution in [0.5, 0.6) is 0 Å². The molecule has 2 atom stereocenters. The molecule has 1 heterocycles. The Bertz CT molecular complexity index is 465. The molecule has 21 heavy (non-hydrogen) atoms. The topological polar surface area (TPSA) is 32.5 Å². The van der Waals surface area contributed by atoms with E-state index in [4.69, 9.17) is 5.73 Å². The molecule has 0 aromatic heterocycles. The molecule has 2 N–H and O–H groups in total. The van der Waals surface area contributed by atoms with Gasteiger partial charge in [0.15, 0.2) is 0 Å². The van der Waals surface area contributed by atoms with Crippen molar-refractivity contribution in [3.8, 4) is 0 Å². The molecular weight excluding hydrogens is 265 g/mol. The first kappa shape index (κ1) is 16.4. The third-order valence-corrected chi connectivity index (χ3v) is 4.90. The van der Waals surface area contributed by atoms with Gasteiger partial charge in [0, 0.05) is 37.8 Å². The molecule has 4 heteroatoms. The average molecular weight is 293 g/mol. The molecule has 1 aromatic carbocycles. The Balaban J connectivity index is 2.12. The Morgan fingerprint density at radius 1 is 1.33 bits per heavy atom. The standard InChI is InChI=1S/C17H28FN3/c1-4-20-9-10-21(12-14(20)2)17(3,13-19)11-15-7-5-6-8-16(15)18/h5-8,14H,4,9-13,19H2,1-3H3. The van der Waals surface area contributed by atoms with Gasteiger partial charge < -0.3 is 5.73 Å². The minimum absolute atomic E-state index is 0.127. The number of piperazine rings is 1. The molecule has 1 aliphatic heterocycles. The van der Waals surface area contributed by atoms with Crippen molar-refractivity contribution >= 4 is 0 Å². The van der Waals surface area contributed by atoms with Crippen LogP contribution in [0.1, 0.15) is 26.3 Å². The van der Waals surface area contributed by atoms with Gasteiger partial charge in [0.05, 0.1) is 0 Å². The summed E-state index contributed by atoms with van der Waals surface area (Å²) in [4.78, 5) is 4.92. The van der Waals surface area contributed by atoms with Gasteiger partial charge in [-0.1, -0.05) is 25.1 Å². The molecule has 0 bridgehead atoms. The second kappa shape index (κ2) is 6.86. The molecule has 1 aromatic rings. The van der Waals surface area contributed by atoms with Crippen molar-refractivity contribution in [2.24, 2.45) is 5.73 Å². The first-order valence-corrected chi connectivity index (χ1v) is 7.92. The van der Waals surface area contributed by atoms with Crippen molar-refractivity contribution in [2.45, 2.75) is 38.8 Å².